The summed E-state index contributed by atoms with van der Waals surface area (Å²) in [4.78, 5) is 20.2. The minimum atomic E-state index is -0.480. The monoisotopic (exact) mass is 497 g/mol. The molecule has 7 nitrogen and oxygen atoms in total. The fourth-order valence-electron chi connectivity index (χ4n) is 2.01. The molecule has 1 aromatic rings. The number of hydrogen-bond acceptors (Lipinski definition) is 5. The number of aryl methyl sites for hydroxylation is 2. The van der Waals surface area contributed by atoms with Crippen molar-refractivity contribution in [3.05, 3.63) is 16.1 Å². The largest absolute Gasteiger partial charge is 0.444 e. The van der Waals surface area contributed by atoms with E-state index < -0.39 is 11.7 Å². The number of nitrogens with zero attached hydrogens (tertiary/aromatic N) is 2. The van der Waals surface area contributed by atoms with E-state index in [4.69, 9.17) is 4.74 Å². The summed E-state index contributed by atoms with van der Waals surface area (Å²) in [6.07, 6.45) is 2.76. The minimum Gasteiger partial charge on any atom is -0.444 e. The number of thiazole rings is 1. The Morgan fingerprint density at radius 3 is 2.42 bits per heavy atom. The number of guanidine groups is 1. The molecule has 3 N–H and O–H groups in total. The first kappa shape index (κ1) is 24.9. The average Bonchev–Trinajstić information content (AvgIpc) is 2.92. The van der Waals surface area contributed by atoms with E-state index in [1.807, 2.05) is 27.7 Å². The smallest absolute Gasteiger partial charge is 0.407 e. The van der Waals surface area contributed by atoms with Crippen molar-refractivity contribution in [1.29, 1.82) is 0 Å². The van der Waals surface area contributed by atoms with Gasteiger partial charge in [0.25, 0.3) is 0 Å². The quantitative estimate of drug-likeness (QED) is 0.223. The summed E-state index contributed by atoms with van der Waals surface area (Å²) < 4.78 is 5.17. The number of carbonyl (C=O) groups excluding carboxylic acids is 1. The molecule has 9 heteroatoms. The second kappa shape index (κ2) is 13.1. The molecule has 0 atom stereocenters. The van der Waals surface area contributed by atoms with Crippen LogP contribution in [-0.4, -0.2) is 49.3 Å². The molecule has 1 rings (SSSR count). The van der Waals surface area contributed by atoms with Crippen LogP contribution in [0.2, 0.25) is 0 Å². The molecule has 0 saturated heterocycles. The fraction of sp³-hybridized carbons (Fsp3) is 0.706. The van der Waals surface area contributed by atoms with Gasteiger partial charge in [-0.25, -0.2) is 9.78 Å². The van der Waals surface area contributed by atoms with Gasteiger partial charge in [0.15, 0.2) is 5.96 Å². The lowest BCUT2D eigenvalue weighted by atomic mass is 10.2. The number of carbonyl (C=O) groups is 1. The molecular formula is C17H32IN5O2S. The predicted octanol–water partition coefficient (Wildman–Crippen LogP) is 3.08. The summed E-state index contributed by atoms with van der Waals surface area (Å²) in [6.45, 7) is 9.44. The van der Waals surface area contributed by atoms with Gasteiger partial charge in [-0.15, -0.1) is 35.3 Å². The molecule has 0 bridgehead atoms. The van der Waals surface area contributed by atoms with Crippen LogP contribution in [0.25, 0.3) is 0 Å². The number of amides is 1. The SMILES string of the molecule is CN=C(NCCCCc1nc(C)cs1)NCCNC(=O)OC(C)(C)C.I. The van der Waals surface area contributed by atoms with Crippen LogP contribution >= 0.6 is 35.3 Å². The number of halogens is 1. The van der Waals surface area contributed by atoms with E-state index >= 15 is 0 Å². The van der Waals surface area contributed by atoms with Crippen molar-refractivity contribution in [2.75, 3.05) is 26.7 Å². The Morgan fingerprint density at radius 2 is 1.85 bits per heavy atom. The Balaban J connectivity index is 0.00000625. The second-order valence-electron chi connectivity index (χ2n) is 6.69. The van der Waals surface area contributed by atoms with Crippen molar-refractivity contribution >= 4 is 47.4 Å². The molecular weight excluding hydrogens is 465 g/mol. The van der Waals surface area contributed by atoms with Crippen molar-refractivity contribution < 1.29 is 9.53 Å². The molecule has 0 aliphatic rings. The maximum Gasteiger partial charge on any atom is 0.407 e. The molecule has 0 unspecified atom stereocenters. The predicted molar refractivity (Wildman–Crippen MR) is 119 cm³/mol. The second-order valence-corrected chi connectivity index (χ2v) is 7.64. The Kier molecular flexibility index (Phi) is 12.6. The van der Waals surface area contributed by atoms with E-state index in [1.165, 1.54) is 5.01 Å². The van der Waals surface area contributed by atoms with E-state index in [1.54, 1.807) is 18.4 Å². The number of rotatable bonds is 8. The van der Waals surface area contributed by atoms with Crippen LogP contribution in [0.15, 0.2) is 10.4 Å². The van der Waals surface area contributed by atoms with Crippen molar-refractivity contribution in [1.82, 2.24) is 20.9 Å². The van der Waals surface area contributed by atoms with Gasteiger partial charge in [0, 0.05) is 37.8 Å². The molecule has 0 fully saturated rings. The Bertz CT molecular complexity index is 558. The highest BCUT2D eigenvalue weighted by molar-refractivity contribution is 14.0. The summed E-state index contributed by atoms with van der Waals surface area (Å²) in [6, 6.07) is 0. The summed E-state index contributed by atoms with van der Waals surface area (Å²) in [5.74, 6) is 0.732. The van der Waals surface area contributed by atoms with Crippen LogP contribution in [0.1, 0.15) is 44.3 Å². The van der Waals surface area contributed by atoms with Gasteiger partial charge in [-0.05, 0) is 47.0 Å². The highest BCUT2D eigenvalue weighted by Crippen LogP contribution is 2.11. The van der Waals surface area contributed by atoms with E-state index in [-0.39, 0.29) is 24.0 Å². The zero-order chi connectivity index (χ0) is 18.7. The Morgan fingerprint density at radius 1 is 1.19 bits per heavy atom. The van der Waals surface area contributed by atoms with Gasteiger partial charge in [-0.2, -0.15) is 0 Å². The Labute approximate surface area is 177 Å². The van der Waals surface area contributed by atoms with Crippen molar-refractivity contribution in [2.45, 2.75) is 52.6 Å². The zero-order valence-electron chi connectivity index (χ0n) is 16.3. The number of unbranched alkanes of at least 4 members (excludes halogenated alkanes) is 1. The van der Waals surface area contributed by atoms with Crippen molar-refractivity contribution in [3.8, 4) is 0 Å². The first-order chi connectivity index (χ1) is 11.8. The number of ether oxygens (including phenoxy) is 1. The lowest BCUT2D eigenvalue weighted by Gasteiger charge is -2.19. The average molecular weight is 497 g/mol. The topological polar surface area (TPSA) is 87.6 Å². The van der Waals surface area contributed by atoms with Crippen LogP contribution in [-0.2, 0) is 11.2 Å². The Hall–Kier alpha value is -1.10. The summed E-state index contributed by atoms with van der Waals surface area (Å²) in [5, 5.41) is 12.4. The van der Waals surface area contributed by atoms with E-state index in [2.05, 4.69) is 31.3 Å². The highest BCUT2D eigenvalue weighted by atomic mass is 127. The van der Waals surface area contributed by atoms with Crippen LogP contribution < -0.4 is 16.0 Å². The summed E-state index contributed by atoms with van der Waals surface area (Å²) in [5.41, 5.74) is 0.620. The molecule has 0 aliphatic carbocycles. The van der Waals surface area contributed by atoms with Gasteiger partial charge >= 0.3 is 6.09 Å². The molecule has 1 aromatic heterocycles. The number of alkyl carbamates (subject to hydrolysis) is 1. The van der Waals surface area contributed by atoms with Crippen LogP contribution in [0.5, 0.6) is 0 Å². The van der Waals surface area contributed by atoms with Gasteiger partial charge in [-0.1, -0.05) is 0 Å². The fourth-order valence-corrected chi connectivity index (χ4v) is 2.82. The highest BCUT2D eigenvalue weighted by Gasteiger charge is 2.15. The minimum absolute atomic E-state index is 0. The molecule has 1 heterocycles. The van der Waals surface area contributed by atoms with Gasteiger partial charge in [0.1, 0.15) is 5.60 Å². The van der Waals surface area contributed by atoms with Crippen LogP contribution in [0.4, 0.5) is 4.79 Å². The number of aromatic nitrogens is 1. The zero-order valence-corrected chi connectivity index (χ0v) is 19.5. The molecule has 0 aromatic carbocycles. The maximum absolute atomic E-state index is 11.5. The first-order valence-electron chi connectivity index (χ1n) is 8.62. The number of aliphatic imine (C=N–C) groups is 1. The van der Waals surface area contributed by atoms with Crippen LogP contribution in [0, 0.1) is 6.92 Å². The van der Waals surface area contributed by atoms with Gasteiger partial charge in [0.05, 0.1) is 5.01 Å². The standard InChI is InChI=1S/C17H31N5O2S.HI/c1-13-12-25-14(22-13)8-6-7-9-19-15(18-5)20-10-11-21-16(23)24-17(2,3)4;/h12H,6-11H2,1-5H3,(H,21,23)(H2,18,19,20);1H. The van der Waals surface area contributed by atoms with E-state index in [9.17, 15) is 4.79 Å². The summed E-state index contributed by atoms with van der Waals surface area (Å²) in [7, 11) is 1.73. The van der Waals surface area contributed by atoms with Crippen LogP contribution in [0.3, 0.4) is 0 Å². The molecule has 1 amide bonds. The number of nitrogens with one attached hydrogen (secondary N) is 3. The number of hydrogen-bond donors (Lipinski definition) is 3. The maximum atomic E-state index is 11.5. The van der Waals surface area contributed by atoms with E-state index in [0.29, 0.717) is 13.1 Å². The lowest BCUT2D eigenvalue weighted by Crippen LogP contribution is -2.42. The van der Waals surface area contributed by atoms with Gasteiger partial charge < -0.3 is 20.7 Å². The molecule has 0 radical (unpaired) electrons. The first-order valence-corrected chi connectivity index (χ1v) is 9.50. The van der Waals surface area contributed by atoms with Crippen molar-refractivity contribution in [3.63, 3.8) is 0 Å². The molecule has 26 heavy (non-hydrogen) atoms. The summed E-state index contributed by atoms with van der Waals surface area (Å²) >= 11 is 1.73. The van der Waals surface area contributed by atoms with Gasteiger partial charge in [0.2, 0.25) is 0 Å². The van der Waals surface area contributed by atoms with Crippen molar-refractivity contribution in [2.24, 2.45) is 4.99 Å². The third-order valence-electron chi connectivity index (χ3n) is 3.09. The molecule has 0 aliphatic heterocycles. The molecule has 0 spiro atoms. The third kappa shape index (κ3) is 12.3. The van der Waals surface area contributed by atoms with E-state index in [0.717, 1.165) is 37.5 Å². The third-order valence-corrected chi connectivity index (χ3v) is 4.11. The molecule has 150 valence electrons. The molecule has 0 saturated carbocycles. The normalized spacial score (nSPS) is 11.5. The lowest BCUT2D eigenvalue weighted by molar-refractivity contribution is 0.0529. The van der Waals surface area contributed by atoms with Gasteiger partial charge in [-0.3, -0.25) is 4.99 Å².